The van der Waals surface area contributed by atoms with Crippen LogP contribution in [0.4, 0.5) is 19.1 Å². The molecule has 1 aliphatic carbocycles. The van der Waals surface area contributed by atoms with Gasteiger partial charge >= 0.3 is 6.18 Å². The third kappa shape index (κ3) is 2.27. The van der Waals surface area contributed by atoms with Crippen molar-refractivity contribution >= 4 is 5.95 Å². The molecule has 0 radical (unpaired) electrons. The van der Waals surface area contributed by atoms with E-state index in [1.54, 1.807) is 0 Å². The summed E-state index contributed by atoms with van der Waals surface area (Å²) in [5.74, 6) is 0.166. The molecule has 0 bridgehead atoms. The van der Waals surface area contributed by atoms with Crippen LogP contribution in [0.15, 0.2) is 12.3 Å². The topological polar surface area (TPSA) is 55.0 Å². The van der Waals surface area contributed by atoms with Crippen LogP contribution in [0.1, 0.15) is 25.0 Å². The SMILES string of the molecule is NC1CC12CCN(c1nccc(C(F)(F)F)n1)CC2. The molecule has 104 valence electrons. The first kappa shape index (κ1) is 12.7. The number of aromatic nitrogens is 2. The fraction of sp³-hybridized carbons (Fsp3) is 0.667. The highest BCUT2D eigenvalue weighted by molar-refractivity contribution is 5.33. The molecule has 1 aromatic rings. The average molecular weight is 272 g/mol. The van der Waals surface area contributed by atoms with E-state index in [9.17, 15) is 13.2 Å². The smallest absolute Gasteiger partial charge is 0.341 e. The zero-order valence-electron chi connectivity index (χ0n) is 10.3. The fourth-order valence-corrected chi connectivity index (χ4v) is 2.76. The Bertz CT molecular complexity index is 480. The van der Waals surface area contributed by atoms with Gasteiger partial charge in [0.2, 0.25) is 5.95 Å². The van der Waals surface area contributed by atoms with E-state index in [2.05, 4.69) is 9.97 Å². The molecule has 1 saturated heterocycles. The Morgan fingerprint density at radius 1 is 1.32 bits per heavy atom. The number of anilines is 1. The van der Waals surface area contributed by atoms with E-state index < -0.39 is 11.9 Å². The molecule has 7 heteroatoms. The van der Waals surface area contributed by atoms with Crippen molar-refractivity contribution in [2.45, 2.75) is 31.5 Å². The molecular formula is C12H15F3N4. The summed E-state index contributed by atoms with van der Waals surface area (Å²) in [7, 11) is 0. The first-order valence-electron chi connectivity index (χ1n) is 6.31. The zero-order valence-corrected chi connectivity index (χ0v) is 10.3. The van der Waals surface area contributed by atoms with Gasteiger partial charge in [0.15, 0.2) is 0 Å². The molecule has 1 atom stereocenters. The first-order valence-corrected chi connectivity index (χ1v) is 6.31. The molecule has 0 amide bonds. The van der Waals surface area contributed by atoms with Crippen LogP contribution in [-0.4, -0.2) is 29.1 Å². The molecule has 1 aromatic heterocycles. The lowest BCUT2D eigenvalue weighted by atomic mass is 9.93. The number of nitrogens with two attached hydrogens (primary N) is 1. The molecule has 3 rings (SSSR count). The highest BCUT2D eigenvalue weighted by Crippen LogP contribution is 2.52. The average Bonchev–Trinajstić information content (AvgIpc) is 2.99. The van der Waals surface area contributed by atoms with Crippen molar-refractivity contribution in [3.63, 3.8) is 0 Å². The molecule has 1 unspecified atom stereocenters. The van der Waals surface area contributed by atoms with Crippen LogP contribution in [0.5, 0.6) is 0 Å². The quantitative estimate of drug-likeness (QED) is 0.847. The Morgan fingerprint density at radius 3 is 2.47 bits per heavy atom. The third-order valence-corrected chi connectivity index (χ3v) is 4.23. The van der Waals surface area contributed by atoms with E-state index in [0.29, 0.717) is 13.1 Å². The van der Waals surface area contributed by atoms with Crippen LogP contribution in [0.25, 0.3) is 0 Å². The minimum Gasteiger partial charge on any atom is -0.341 e. The molecule has 0 aromatic carbocycles. The van der Waals surface area contributed by atoms with E-state index in [1.807, 2.05) is 4.90 Å². The van der Waals surface area contributed by atoms with Crippen LogP contribution in [0.2, 0.25) is 0 Å². The number of halogens is 3. The number of nitrogens with zero attached hydrogens (tertiary/aromatic N) is 3. The second kappa shape index (κ2) is 4.06. The van der Waals surface area contributed by atoms with Crippen molar-refractivity contribution in [1.82, 2.24) is 9.97 Å². The van der Waals surface area contributed by atoms with Crippen LogP contribution in [-0.2, 0) is 6.18 Å². The van der Waals surface area contributed by atoms with E-state index in [1.165, 1.54) is 6.20 Å². The lowest BCUT2D eigenvalue weighted by molar-refractivity contribution is -0.141. The molecule has 4 nitrogen and oxygen atoms in total. The van der Waals surface area contributed by atoms with Crippen molar-refractivity contribution in [3.05, 3.63) is 18.0 Å². The van der Waals surface area contributed by atoms with Gasteiger partial charge in [-0.1, -0.05) is 0 Å². The monoisotopic (exact) mass is 272 g/mol. The summed E-state index contributed by atoms with van der Waals surface area (Å²) >= 11 is 0. The molecule has 2 N–H and O–H groups in total. The summed E-state index contributed by atoms with van der Waals surface area (Å²) in [6.45, 7) is 1.35. The minimum atomic E-state index is -4.42. The van der Waals surface area contributed by atoms with E-state index in [-0.39, 0.29) is 17.4 Å². The largest absolute Gasteiger partial charge is 0.433 e. The summed E-state index contributed by atoms with van der Waals surface area (Å²) in [6, 6.07) is 1.16. The number of hydrogen-bond donors (Lipinski definition) is 1. The Hall–Kier alpha value is -1.37. The highest BCUT2D eigenvalue weighted by Gasteiger charge is 2.52. The summed E-state index contributed by atoms with van der Waals surface area (Å²) in [6.07, 6.45) is -0.405. The maximum absolute atomic E-state index is 12.6. The summed E-state index contributed by atoms with van der Waals surface area (Å²) in [4.78, 5) is 9.37. The van der Waals surface area contributed by atoms with Gasteiger partial charge in [-0.05, 0) is 30.7 Å². The Kier molecular flexibility index (Phi) is 2.70. The predicted octanol–water partition coefficient (Wildman–Crippen LogP) is 1.81. The molecule has 1 spiro atoms. The number of rotatable bonds is 1. The summed E-state index contributed by atoms with van der Waals surface area (Å²) < 4.78 is 37.8. The number of piperidine rings is 1. The Balaban J connectivity index is 1.73. The normalized spacial score (nSPS) is 25.7. The standard InChI is InChI=1S/C12H15F3N4/c13-12(14,15)9-1-4-17-10(18-9)19-5-2-11(3-6-19)7-8(11)16/h1,4,8H,2-3,5-7,16H2. The first-order chi connectivity index (χ1) is 8.91. The van der Waals surface area contributed by atoms with Crippen molar-refractivity contribution in [2.24, 2.45) is 11.1 Å². The fourth-order valence-electron chi connectivity index (χ4n) is 2.76. The van der Waals surface area contributed by atoms with E-state index in [0.717, 1.165) is 25.3 Å². The molecule has 1 saturated carbocycles. The van der Waals surface area contributed by atoms with E-state index >= 15 is 0 Å². The zero-order chi connectivity index (χ0) is 13.7. The number of alkyl halides is 3. The van der Waals surface area contributed by atoms with Crippen LogP contribution < -0.4 is 10.6 Å². The molecular weight excluding hydrogens is 257 g/mol. The van der Waals surface area contributed by atoms with Gasteiger partial charge in [-0.2, -0.15) is 13.2 Å². The van der Waals surface area contributed by atoms with Crippen LogP contribution in [0, 0.1) is 5.41 Å². The summed E-state index contributed by atoms with van der Waals surface area (Å²) in [5, 5.41) is 0. The lowest BCUT2D eigenvalue weighted by Crippen LogP contribution is -2.37. The maximum atomic E-state index is 12.6. The van der Waals surface area contributed by atoms with Gasteiger partial charge in [-0.25, -0.2) is 9.97 Å². The molecule has 19 heavy (non-hydrogen) atoms. The summed E-state index contributed by atoms with van der Waals surface area (Å²) in [5.41, 5.74) is 5.24. The molecule has 2 heterocycles. The highest BCUT2D eigenvalue weighted by atomic mass is 19.4. The van der Waals surface area contributed by atoms with Crippen molar-refractivity contribution in [3.8, 4) is 0 Å². The molecule has 2 fully saturated rings. The Labute approximate surface area is 108 Å². The van der Waals surface area contributed by atoms with Gasteiger partial charge < -0.3 is 10.6 Å². The van der Waals surface area contributed by atoms with Gasteiger partial charge in [-0.3, -0.25) is 0 Å². The van der Waals surface area contributed by atoms with Gasteiger partial charge in [0.25, 0.3) is 0 Å². The van der Waals surface area contributed by atoms with Gasteiger partial charge in [0.1, 0.15) is 5.69 Å². The second-order valence-electron chi connectivity index (χ2n) is 5.40. The van der Waals surface area contributed by atoms with Crippen LogP contribution >= 0.6 is 0 Å². The van der Waals surface area contributed by atoms with Crippen molar-refractivity contribution in [1.29, 1.82) is 0 Å². The van der Waals surface area contributed by atoms with Crippen molar-refractivity contribution in [2.75, 3.05) is 18.0 Å². The van der Waals surface area contributed by atoms with E-state index in [4.69, 9.17) is 5.73 Å². The minimum absolute atomic E-state index is 0.166. The van der Waals surface area contributed by atoms with Crippen LogP contribution in [0.3, 0.4) is 0 Å². The predicted molar refractivity (Wildman–Crippen MR) is 63.5 cm³/mol. The maximum Gasteiger partial charge on any atom is 0.433 e. The second-order valence-corrected chi connectivity index (χ2v) is 5.40. The molecule has 1 aliphatic heterocycles. The van der Waals surface area contributed by atoms with Gasteiger partial charge in [0, 0.05) is 25.3 Å². The Morgan fingerprint density at radius 2 is 1.95 bits per heavy atom. The van der Waals surface area contributed by atoms with Crippen molar-refractivity contribution < 1.29 is 13.2 Å². The third-order valence-electron chi connectivity index (χ3n) is 4.23. The molecule has 2 aliphatic rings. The lowest BCUT2D eigenvalue weighted by Gasteiger charge is -2.32. The van der Waals surface area contributed by atoms with Gasteiger partial charge in [-0.15, -0.1) is 0 Å². The number of hydrogen-bond acceptors (Lipinski definition) is 4. The van der Waals surface area contributed by atoms with Gasteiger partial charge in [0.05, 0.1) is 0 Å².